The van der Waals surface area contributed by atoms with E-state index in [0.29, 0.717) is 5.92 Å². The third-order valence-electron chi connectivity index (χ3n) is 3.87. The number of hydrogen-bond donors (Lipinski definition) is 0. The fourth-order valence-corrected chi connectivity index (χ4v) is 3.77. The van der Waals surface area contributed by atoms with E-state index in [4.69, 9.17) is 16.6 Å². The standard InChI is InChI=1S/C18H17BrClN/c1-11(2)13-6-3-5-12-9-10-16(21-18(12)13)17-14(19)7-4-8-15(17)20/h4,6-11H,3,5H2,1-2H3. The van der Waals surface area contributed by atoms with Gasteiger partial charge in [-0.15, -0.1) is 0 Å². The Labute approximate surface area is 139 Å². The van der Waals surface area contributed by atoms with Gasteiger partial charge in [0.05, 0.1) is 16.4 Å². The lowest BCUT2D eigenvalue weighted by molar-refractivity contribution is 0.818. The maximum absolute atomic E-state index is 6.36. The zero-order valence-electron chi connectivity index (χ0n) is 12.2. The van der Waals surface area contributed by atoms with Gasteiger partial charge in [0.2, 0.25) is 0 Å². The molecule has 1 aromatic carbocycles. The van der Waals surface area contributed by atoms with E-state index in [1.54, 1.807) is 0 Å². The molecule has 1 aromatic heterocycles. The van der Waals surface area contributed by atoms with Crippen molar-refractivity contribution in [2.75, 3.05) is 0 Å². The molecule has 0 atom stereocenters. The second-order valence-corrected chi connectivity index (χ2v) is 6.92. The van der Waals surface area contributed by atoms with Gasteiger partial charge in [-0.3, -0.25) is 0 Å². The number of allylic oxidation sites excluding steroid dienone is 2. The monoisotopic (exact) mass is 361 g/mol. The first kappa shape index (κ1) is 14.8. The summed E-state index contributed by atoms with van der Waals surface area (Å²) >= 11 is 9.95. The molecule has 0 bridgehead atoms. The van der Waals surface area contributed by atoms with Gasteiger partial charge in [-0.2, -0.15) is 0 Å². The van der Waals surface area contributed by atoms with Crippen LogP contribution >= 0.6 is 27.5 Å². The molecular formula is C18H17BrClN. The Bertz CT molecular complexity index is 699. The van der Waals surface area contributed by atoms with Gasteiger partial charge in [0.15, 0.2) is 0 Å². The molecule has 0 saturated carbocycles. The molecule has 0 fully saturated rings. The summed E-state index contributed by atoms with van der Waals surface area (Å²) in [5.41, 5.74) is 5.73. The Balaban J connectivity index is 2.16. The largest absolute Gasteiger partial charge is 0.248 e. The molecule has 1 heterocycles. The van der Waals surface area contributed by atoms with Gasteiger partial charge >= 0.3 is 0 Å². The average molecular weight is 363 g/mol. The minimum atomic E-state index is 0.487. The number of pyridine rings is 1. The van der Waals surface area contributed by atoms with Crippen LogP contribution < -0.4 is 0 Å². The van der Waals surface area contributed by atoms with Gasteiger partial charge in [0.1, 0.15) is 0 Å². The van der Waals surface area contributed by atoms with E-state index >= 15 is 0 Å². The summed E-state index contributed by atoms with van der Waals surface area (Å²) in [5.74, 6) is 0.487. The Hall–Kier alpha value is -1.12. The van der Waals surface area contributed by atoms with E-state index in [1.807, 2.05) is 18.2 Å². The SMILES string of the molecule is CC(C)C1=CCCc2ccc(-c3c(Cl)cccc3Br)nc21. The molecule has 1 aliphatic rings. The third-order valence-corrected chi connectivity index (χ3v) is 4.85. The van der Waals surface area contributed by atoms with Crippen LogP contribution in [0.1, 0.15) is 31.5 Å². The average Bonchev–Trinajstić information content (AvgIpc) is 2.46. The number of fused-ring (bicyclic) bond motifs is 1. The molecule has 0 amide bonds. The van der Waals surface area contributed by atoms with Crippen LogP contribution in [-0.4, -0.2) is 4.98 Å². The van der Waals surface area contributed by atoms with Crippen LogP contribution in [0.15, 0.2) is 40.9 Å². The van der Waals surface area contributed by atoms with E-state index in [0.717, 1.165) is 39.3 Å². The maximum Gasteiger partial charge on any atom is 0.0735 e. The fraction of sp³-hybridized carbons (Fsp3) is 0.278. The molecule has 0 N–H and O–H groups in total. The highest BCUT2D eigenvalue weighted by Gasteiger charge is 2.19. The van der Waals surface area contributed by atoms with Crippen LogP contribution in [0.4, 0.5) is 0 Å². The number of aromatic nitrogens is 1. The van der Waals surface area contributed by atoms with Gasteiger partial charge in [-0.05, 0) is 48.1 Å². The molecule has 3 heteroatoms. The summed E-state index contributed by atoms with van der Waals surface area (Å²) in [5, 5.41) is 0.725. The highest BCUT2D eigenvalue weighted by atomic mass is 79.9. The zero-order chi connectivity index (χ0) is 15.0. The zero-order valence-corrected chi connectivity index (χ0v) is 14.5. The predicted molar refractivity (Wildman–Crippen MR) is 93.5 cm³/mol. The van der Waals surface area contributed by atoms with Gasteiger partial charge in [-0.1, -0.05) is 59.6 Å². The van der Waals surface area contributed by atoms with Crippen LogP contribution in [0, 0.1) is 5.92 Å². The number of halogens is 2. The van der Waals surface area contributed by atoms with Crippen LogP contribution in [0.3, 0.4) is 0 Å². The summed E-state index contributed by atoms with van der Waals surface area (Å²) in [6.07, 6.45) is 4.51. The van der Waals surface area contributed by atoms with Gasteiger partial charge in [0, 0.05) is 10.0 Å². The van der Waals surface area contributed by atoms with Crippen molar-refractivity contribution in [1.29, 1.82) is 0 Å². The van der Waals surface area contributed by atoms with Crippen LogP contribution in [0.5, 0.6) is 0 Å². The van der Waals surface area contributed by atoms with E-state index in [-0.39, 0.29) is 0 Å². The molecule has 1 nitrogen and oxygen atoms in total. The van der Waals surface area contributed by atoms with Crippen molar-refractivity contribution in [3.05, 3.63) is 57.2 Å². The second-order valence-electron chi connectivity index (χ2n) is 5.65. The fourth-order valence-electron chi connectivity index (χ4n) is 2.81. The number of nitrogens with zero attached hydrogens (tertiary/aromatic N) is 1. The lowest BCUT2D eigenvalue weighted by Gasteiger charge is -2.20. The number of aryl methyl sites for hydroxylation is 1. The van der Waals surface area contributed by atoms with Crippen molar-refractivity contribution < 1.29 is 0 Å². The Morgan fingerprint density at radius 1 is 1.19 bits per heavy atom. The highest BCUT2D eigenvalue weighted by Crippen LogP contribution is 2.37. The quantitative estimate of drug-likeness (QED) is 0.624. The van der Waals surface area contributed by atoms with Crippen LogP contribution in [0.25, 0.3) is 16.8 Å². The number of benzene rings is 1. The normalized spacial score (nSPS) is 14.0. The first-order chi connectivity index (χ1) is 10.1. The predicted octanol–water partition coefficient (Wildman–Crippen LogP) is 6.15. The van der Waals surface area contributed by atoms with Gasteiger partial charge < -0.3 is 0 Å². The minimum Gasteiger partial charge on any atom is -0.248 e. The van der Waals surface area contributed by atoms with Crippen LogP contribution in [0.2, 0.25) is 5.02 Å². The molecule has 0 saturated heterocycles. The lowest BCUT2D eigenvalue weighted by Crippen LogP contribution is -2.07. The molecule has 1 aliphatic carbocycles. The molecule has 0 unspecified atom stereocenters. The molecule has 3 rings (SSSR count). The molecule has 0 spiro atoms. The molecule has 0 radical (unpaired) electrons. The molecule has 2 aromatic rings. The van der Waals surface area contributed by atoms with E-state index in [9.17, 15) is 0 Å². The Kier molecular flexibility index (Phi) is 4.19. The van der Waals surface area contributed by atoms with Crippen molar-refractivity contribution in [2.24, 2.45) is 5.92 Å². The Morgan fingerprint density at radius 3 is 2.71 bits per heavy atom. The van der Waals surface area contributed by atoms with Crippen LogP contribution in [-0.2, 0) is 6.42 Å². The lowest BCUT2D eigenvalue weighted by atomic mass is 9.88. The van der Waals surface area contributed by atoms with Gasteiger partial charge in [-0.25, -0.2) is 4.98 Å². The van der Waals surface area contributed by atoms with Crippen molar-refractivity contribution in [3.63, 3.8) is 0 Å². The molecule has 0 aliphatic heterocycles. The van der Waals surface area contributed by atoms with E-state index in [1.165, 1.54) is 11.1 Å². The number of hydrogen-bond acceptors (Lipinski definition) is 1. The minimum absolute atomic E-state index is 0.487. The summed E-state index contributed by atoms with van der Waals surface area (Å²) in [6.45, 7) is 4.45. The maximum atomic E-state index is 6.36. The summed E-state index contributed by atoms with van der Waals surface area (Å²) in [4.78, 5) is 4.93. The first-order valence-corrected chi connectivity index (χ1v) is 8.39. The third kappa shape index (κ3) is 2.79. The van der Waals surface area contributed by atoms with E-state index < -0.39 is 0 Å². The van der Waals surface area contributed by atoms with E-state index in [2.05, 4.69) is 48.0 Å². The second kappa shape index (κ2) is 5.94. The molecule has 21 heavy (non-hydrogen) atoms. The van der Waals surface area contributed by atoms with Crippen molar-refractivity contribution in [3.8, 4) is 11.3 Å². The topological polar surface area (TPSA) is 12.9 Å². The number of rotatable bonds is 2. The molecule has 108 valence electrons. The summed E-state index contributed by atoms with van der Waals surface area (Å²) in [7, 11) is 0. The molecular weight excluding hydrogens is 346 g/mol. The Morgan fingerprint density at radius 2 is 2.00 bits per heavy atom. The highest BCUT2D eigenvalue weighted by molar-refractivity contribution is 9.10. The van der Waals surface area contributed by atoms with Crippen molar-refractivity contribution >= 4 is 33.1 Å². The summed E-state index contributed by atoms with van der Waals surface area (Å²) < 4.78 is 0.980. The van der Waals surface area contributed by atoms with Crippen molar-refractivity contribution in [2.45, 2.75) is 26.7 Å². The smallest absolute Gasteiger partial charge is 0.0735 e. The first-order valence-electron chi connectivity index (χ1n) is 7.22. The summed E-state index contributed by atoms with van der Waals surface area (Å²) in [6, 6.07) is 10.1. The van der Waals surface area contributed by atoms with Crippen molar-refractivity contribution in [1.82, 2.24) is 4.98 Å². The van der Waals surface area contributed by atoms with Gasteiger partial charge in [0.25, 0.3) is 0 Å².